The van der Waals surface area contributed by atoms with Gasteiger partial charge in [0.2, 0.25) is 5.91 Å². The summed E-state index contributed by atoms with van der Waals surface area (Å²) in [5, 5.41) is 21.6. The number of nitrogens with zero attached hydrogens (tertiary/aromatic N) is 1. The van der Waals surface area contributed by atoms with E-state index in [0.717, 1.165) is 15.7 Å². The van der Waals surface area contributed by atoms with E-state index in [2.05, 4.69) is 16.0 Å². The van der Waals surface area contributed by atoms with Gasteiger partial charge in [0.05, 0.1) is 15.7 Å². The Labute approximate surface area is 263 Å². The maximum absolute atomic E-state index is 13.4. The summed E-state index contributed by atoms with van der Waals surface area (Å²) in [6, 6.07) is 34.8. The van der Waals surface area contributed by atoms with E-state index in [-0.39, 0.29) is 22.9 Å². The molecule has 0 bridgehead atoms. The number of benzene rings is 5. The first-order valence-corrected chi connectivity index (χ1v) is 14.8. The van der Waals surface area contributed by atoms with Crippen molar-refractivity contribution in [2.45, 2.75) is 17.1 Å². The lowest BCUT2D eigenvalue weighted by Crippen LogP contribution is -2.30. The predicted molar refractivity (Wildman–Crippen MR) is 178 cm³/mol. The second kappa shape index (κ2) is 14.2. The van der Waals surface area contributed by atoms with Crippen LogP contribution in [0.25, 0.3) is 16.8 Å². The number of amides is 3. The number of hydrogen-bond donors (Lipinski definition) is 3. The summed E-state index contributed by atoms with van der Waals surface area (Å²) in [7, 11) is 0. The van der Waals surface area contributed by atoms with E-state index in [1.54, 1.807) is 60.7 Å². The molecule has 224 valence electrons. The third kappa shape index (κ3) is 8.01. The molecule has 0 aliphatic carbocycles. The average Bonchev–Trinajstić information content (AvgIpc) is 3.05. The molecule has 0 heterocycles. The topological polar surface area (TPSA) is 130 Å². The number of carbonyl (C=O) groups is 3. The Hall–Kier alpha value is -5.74. The number of rotatable bonds is 10. The van der Waals surface area contributed by atoms with Gasteiger partial charge in [-0.1, -0.05) is 60.7 Å². The molecular weight excluding hydrogens is 588 g/mol. The van der Waals surface area contributed by atoms with Crippen LogP contribution in [0.15, 0.2) is 132 Å². The Bertz CT molecular complexity index is 1910. The van der Waals surface area contributed by atoms with Gasteiger partial charge in [-0.2, -0.15) is 0 Å². The van der Waals surface area contributed by atoms with Crippen molar-refractivity contribution in [2.75, 3.05) is 10.6 Å². The molecule has 1 unspecified atom stereocenters. The second-order valence-electron chi connectivity index (χ2n) is 9.98. The van der Waals surface area contributed by atoms with Crippen molar-refractivity contribution in [1.82, 2.24) is 5.32 Å². The molecule has 0 saturated carbocycles. The largest absolute Gasteiger partial charge is 0.325 e. The summed E-state index contributed by atoms with van der Waals surface area (Å²) in [5.74, 6) is -1.36. The first-order chi connectivity index (χ1) is 21.8. The number of hydrogen-bond acceptors (Lipinski definition) is 6. The molecule has 0 fully saturated rings. The van der Waals surface area contributed by atoms with E-state index in [4.69, 9.17) is 0 Å². The molecule has 5 aromatic rings. The smallest absolute Gasteiger partial charge is 0.276 e. The van der Waals surface area contributed by atoms with Crippen LogP contribution in [0.5, 0.6) is 0 Å². The van der Waals surface area contributed by atoms with Crippen molar-refractivity contribution in [3.05, 3.63) is 148 Å². The van der Waals surface area contributed by atoms with Crippen molar-refractivity contribution in [2.24, 2.45) is 0 Å². The van der Waals surface area contributed by atoms with Crippen LogP contribution in [0.4, 0.5) is 17.1 Å². The molecule has 10 heteroatoms. The van der Waals surface area contributed by atoms with Crippen LogP contribution in [0.2, 0.25) is 0 Å². The molecule has 0 aromatic heterocycles. The fourth-order valence-corrected chi connectivity index (χ4v) is 5.33. The Kier molecular flexibility index (Phi) is 9.66. The van der Waals surface area contributed by atoms with Crippen LogP contribution < -0.4 is 16.0 Å². The summed E-state index contributed by atoms with van der Waals surface area (Å²) in [6.07, 6.45) is 1.27. The normalized spacial score (nSPS) is 11.8. The predicted octanol–water partition coefficient (Wildman–Crippen LogP) is 7.28. The van der Waals surface area contributed by atoms with E-state index in [1.807, 2.05) is 49.4 Å². The van der Waals surface area contributed by atoms with Crippen molar-refractivity contribution in [3.8, 4) is 0 Å². The molecule has 1 atom stereocenters. The summed E-state index contributed by atoms with van der Waals surface area (Å²) < 4.78 is 0. The van der Waals surface area contributed by atoms with Crippen LogP contribution in [-0.4, -0.2) is 27.9 Å². The lowest BCUT2D eigenvalue weighted by Gasteiger charge is -2.14. The number of carbonyl (C=O) groups excluding carboxylic acids is 3. The Morgan fingerprint density at radius 2 is 1.40 bits per heavy atom. The van der Waals surface area contributed by atoms with Crippen LogP contribution in [0.1, 0.15) is 22.8 Å². The number of nitrogens with one attached hydrogen (secondary N) is 3. The van der Waals surface area contributed by atoms with Crippen molar-refractivity contribution >= 4 is 63.4 Å². The molecule has 9 nitrogen and oxygen atoms in total. The maximum atomic E-state index is 13.4. The Morgan fingerprint density at radius 1 is 0.756 bits per heavy atom. The van der Waals surface area contributed by atoms with Gasteiger partial charge < -0.3 is 16.0 Å². The minimum Gasteiger partial charge on any atom is -0.325 e. The molecule has 0 aliphatic heterocycles. The summed E-state index contributed by atoms with van der Waals surface area (Å²) in [5.41, 5.74) is 1.24. The highest BCUT2D eigenvalue weighted by Crippen LogP contribution is 2.27. The van der Waals surface area contributed by atoms with Crippen LogP contribution in [0, 0.1) is 10.1 Å². The van der Waals surface area contributed by atoms with Gasteiger partial charge in [-0.05, 0) is 78.4 Å². The molecule has 0 saturated heterocycles. The van der Waals surface area contributed by atoms with E-state index in [1.165, 1.54) is 36.0 Å². The number of nitro benzene ring substituents is 1. The molecule has 3 N–H and O–H groups in total. The van der Waals surface area contributed by atoms with Crippen molar-refractivity contribution in [3.63, 3.8) is 0 Å². The summed E-state index contributed by atoms with van der Waals surface area (Å²) >= 11 is 1.36. The van der Waals surface area contributed by atoms with E-state index < -0.39 is 22.0 Å². The van der Waals surface area contributed by atoms with Gasteiger partial charge in [-0.25, -0.2) is 0 Å². The number of anilines is 2. The average molecular weight is 617 g/mol. The molecule has 0 aliphatic rings. The third-order valence-electron chi connectivity index (χ3n) is 6.77. The Balaban J connectivity index is 1.27. The van der Waals surface area contributed by atoms with Gasteiger partial charge in [0, 0.05) is 27.9 Å². The lowest BCUT2D eigenvalue weighted by molar-refractivity contribution is -0.385. The highest BCUT2D eigenvalue weighted by Gasteiger charge is 2.19. The summed E-state index contributed by atoms with van der Waals surface area (Å²) in [4.78, 5) is 50.9. The molecule has 3 amide bonds. The quantitative estimate of drug-likeness (QED) is 0.0654. The second-order valence-corrected chi connectivity index (χ2v) is 11.4. The molecule has 5 aromatic carbocycles. The van der Waals surface area contributed by atoms with Crippen LogP contribution in [-0.2, 0) is 9.59 Å². The van der Waals surface area contributed by atoms with Crippen molar-refractivity contribution in [1.29, 1.82) is 0 Å². The number of thioether (sulfide) groups is 1. The first-order valence-electron chi connectivity index (χ1n) is 14.0. The van der Waals surface area contributed by atoms with Crippen LogP contribution >= 0.6 is 11.8 Å². The standard InChI is InChI=1S/C35H28N4O5S/c1-23(33(40)37-29-16-15-24-9-5-6-12-26(24)21-29)45-30-19-17-28(18-20-30)36-35(42)31(38-34(41)25-10-3-2-4-11-25)22-27-13-7-8-14-32(27)39(43)44/h2-23H,1H3,(H,36,42)(H,37,40)(H,38,41)/b31-22-. The maximum Gasteiger partial charge on any atom is 0.276 e. The zero-order valence-corrected chi connectivity index (χ0v) is 24.9. The van der Waals surface area contributed by atoms with Gasteiger partial charge in [0.25, 0.3) is 17.5 Å². The van der Waals surface area contributed by atoms with Crippen LogP contribution in [0.3, 0.4) is 0 Å². The van der Waals surface area contributed by atoms with Gasteiger partial charge in [0.1, 0.15) is 5.70 Å². The zero-order chi connectivity index (χ0) is 31.8. The van der Waals surface area contributed by atoms with Gasteiger partial charge in [-0.3, -0.25) is 24.5 Å². The lowest BCUT2D eigenvalue weighted by atomic mass is 10.1. The van der Waals surface area contributed by atoms with Gasteiger partial charge in [-0.15, -0.1) is 11.8 Å². The minimum atomic E-state index is -0.666. The highest BCUT2D eigenvalue weighted by molar-refractivity contribution is 8.00. The number of nitro groups is 1. The highest BCUT2D eigenvalue weighted by atomic mass is 32.2. The van der Waals surface area contributed by atoms with E-state index >= 15 is 0 Å². The van der Waals surface area contributed by atoms with E-state index in [0.29, 0.717) is 16.9 Å². The van der Waals surface area contributed by atoms with Gasteiger partial charge >= 0.3 is 0 Å². The van der Waals surface area contributed by atoms with E-state index in [9.17, 15) is 24.5 Å². The molecule has 0 spiro atoms. The molecular formula is C35H28N4O5S. The zero-order valence-electron chi connectivity index (χ0n) is 24.1. The Morgan fingerprint density at radius 3 is 2.13 bits per heavy atom. The number of para-hydroxylation sites is 1. The van der Waals surface area contributed by atoms with Crippen molar-refractivity contribution < 1.29 is 19.3 Å². The number of fused-ring (bicyclic) bond motifs is 1. The molecule has 5 rings (SSSR count). The molecule has 0 radical (unpaired) electrons. The summed E-state index contributed by atoms with van der Waals surface area (Å²) in [6.45, 7) is 1.81. The molecule has 45 heavy (non-hydrogen) atoms. The SMILES string of the molecule is CC(Sc1ccc(NC(=O)/C(=C/c2ccccc2[N+](=O)[O-])NC(=O)c2ccccc2)cc1)C(=O)Nc1ccc2ccccc2c1. The fraction of sp³-hybridized carbons (Fsp3) is 0.0571. The third-order valence-corrected chi connectivity index (χ3v) is 7.89. The monoisotopic (exact) mass is 616 g/mol. The fourth-order valence-electron chi connectivity index (χ4n) is 4.46. The first kappa shape index (κ1) is 30.7. The van der Waals surface area contributed by atoms with Gasteiger partial charge in [0.15, 0.2) is 0 Å². The minimum absolute atomic E-state index is 0.147.